The molecular formula is C49H75N3O14. The van der Waals surface area contributed by atoms with Gasteiger partial charge in [0.15, 0.2) is 18.7 Å². The summed E-state index contributed by atoms with van der Waals surface area (Å²) in [5.74, 6) is -5.25. The molecule has 0 radical (unpaired) electrons. The lowest BCUT2D eigenvalue weighted by molar-refractivity contribution is -0.318. The molecule has 3 fully saturated rings. The minimum Gasteiger partial charge on any atom is -0.459 e. The number of nitrogens with zero attached hydrogens (tertiary/aromatic N) is 2. The SMILES string of the molecule is CC[C@H]1OC(=O)[C@H](C)[C@H](O[C@H]2C[C@@](C)(OC)[C@@H](OC(=O)/C=C/c3cnc4ccccc4c3)[C@H](C)O2)[C@H](C)[C@@H](O[C@@H]2O[C@H](C)C[C@H](N(C)C)[C@H]2O)[C@@](C)(O)C[C@@H](C)NC(=O)[C@H](C)[C@@H](O)[C@]1(C)O. The highest BCUT2D eigenvalue weighted by atomic mass is 16.7. The van der Waals surface area contributed by atoms with Crippen molar-refractivity contribution in [2.45, 2.75) is 185 Å². The van der Waals surface area contributed by atoms with E-state index >= 15 is 0 Å². The van der Waals surface area contributed by atoms with Crippen molar-refractivity contribution in [2.24, 2.45) is 17.8 Å². The molecule has 5 rings (SSSR count). The van der Waals surface area contributed by atoms with Gasteiger partial charge in [0.2, 0.25) is 5.91 Å². The van der Waals surface area contributed by atoms with Crippen LogP contribution in [0, 0.1) is 17.8 Å². The number of ether oxygens (including phenoxy) is 7. The van der Waals surface area contributed by atoms with Crippen molar-refractivity contribution in [1.29, 1.82) is 0 Å². The van der Waals surface area contributed by atoms with Gasteiger partial charge in [0.05, 0.1) is 53.5 Å². The topological polar surface area (TPSA) is 225 Å². The smallest absolute Gasteiger partial charge is 0.331 e. The molecule has 66 heavy (non-hydrogen) atoms. The fourth-order valence-electron chi connectivity index (χ4n) is 9.99. The number of hydrogen-bond acceptors (Lipinski definition) is 16. The van der Waals surface area contributed by atoms with Gasteiger partial charge in [-0.15, -0.1) is 0 Å². The van der Waals surface area contributed by atoms with Crippen LogP contribution in [0.3, 0.4) is 0 Å². The molecule has 370 valence electrons. The van der Waals surface area contributed by atoms with Crippen molar-refractivity contribution in [3.05, 3.63) is 48.2 Å². The predicted molar refractivity (Wildman–Crippen MR) is 244 cm³/mol. The summed E-state index contributed by atoms with van der Waals surface area (Å²) in [4.78, 5) is 47.7. The van der Waals surface area contributed by atoms with E-state index in [0.717, 1.165) is 10.9 Å². The van der Waals surface area contributed by atoms with Crippen molar-refractivity contribution in [1.82, 2.24) is 15.2 Å². The number of aliphatic hydroxyl groups excluding tert-OH is 2. The Morgan fingerprint density at radius 2 is 1.65 bits per heavy atom. The molecule has 1 aromatic carbocycles. The maximum Gasteiger partial charge on any atom is 0.331 e. The quantitative estimate of drug-likeness (QED) is 0.168. The molecular weight excluding hydrogens is 855 g/mol. The summed E-state index contributed by atoms with van der Waals surface area (Å²) in [5.41, 5.74) is -3.50. The second kappa shape index (κ2) is 21.8. The Kier molecular flexibility index (Phi) is 17.6. The van der Waals surface area contributed by atoms with Gasteiger partial charge in [-0.05, 0) is 106 Å². The number of fused-ring (bicyclic) bond motifs is 1. The molecule has 17 nitrogen and oxygen atoms in total. The van der Waals surface area contributed by atoms with Crippen molar-refractivity contribution in [3.63, 3.8) is 0 Å². The summed E-state index contributed by atoms with van der Waals surface area (Å²) in [5, 5.41) is 51.2. The fourth-order valence-corrected chi connectivity index (χ4v) is 9.99. The zero-order valence-electron chi connectivity index (χ0n) is 40.9. The summed E-state index contributed by atoms with van der Waals surface area (Å²) in [6, 6.07) is 8.50. The number of likely N-dealkylation sites (N-methyl/N-ethyl adjacent to an activating group) is 1. The van der Waals surface area contributed by atoms with E-state index in [2.05, 4.69) is 10.3 Å². The Morgan fingerprint density at radius 1 is 0.970 bits per heavy atom. The van der Waals surface area contributed by atoms with Gasteiger partial charge in [0, 0.05) is 49.2 Å². The van der Waals surface area contributed by atoms with Crippen LogP contribution in [0.2, 0.25) is 0 Å². The molecule has 0 spiro atoms. The number of pyridine rings is 1. The van der Waals surface area contributed by atoms with E-state index in [1.165, 1.54) is 34.0 Å². The van der Waals surface area contributed by atoms with Gasteiger partial charge in [-0.3, -0.25) is 14.6 Å². The maximum atomic E-state index is 14.5. The van der Waals surface area contributed by atoms with E-state index in [-0.39, 0.29) is 31.4 Å². The summed E-state index contributed by atoms with van der Waals surface area (Å²) in [6.45, 7) is 16.4. The van der Waals surface area contributed by atoms with Gasteiger partial charge < -0.3 is 63.8 Å². The number of cyclic esters (lactones) is 1. The minimum atomic E-state index is -2.06. The first-order valence-corrected chi connectivity index (χ1v) is 23.2. The lowest BCUT2D eigenvalue weighted by Gasteiger charge is -2.49. The number of hydrogen-bond donors (Lipinski definition) is 5. The van der Waals surface area contributed by atoms with Crippen LogP contribution in [-0.2, 0) is 47.5 Å². The van der Waals surface area contributed by atoms with Crippen LogP contribution >= 0.6 is 0 Å². The monoisotopic (exact) mass is 930 g/mol. The largest absolute Gasteiger partial charge is 0.459 e. The number of rotatable bonds is 10. The number of amides is 1. The van der Waals surface area contributed by atoms with Crippen LogP contribution in [-0.4, -0.2) is 160 Å². The second-order valence-corrected chi connectivity index (χ2v) is 19.8. The van der Waals surface area contributed by atoms with Crippen LogP contribution in [0.4, 0.5) is 0 Å². The standard InChI is InChI=1S/C49H75N3O14/c1-14-36-49(10,59)41(55)30(6)44(56)51-26(2)23-47(8,58)42(66-46-39(54)35(52(11)12)21-27(3)61-46)28(4)40(29(5)45(57)63-36)65-38-24-48(9,60-13)43(31(7)62-38)64-37(53)20-19-32-22-33-17-15-16-18-34(33)50-25-32/h15-20,22,25-31,35-36,38-43,46,54-55,58-59H,14,21,23-24H2,1-13H3,(H,51,56)/b20-19+/t26-,27-,28+,29-,30-,31+,35+,36-,38+,39-,40-,41-,42-,43+,46+,47+,48-,49-/m1/s1. The third kappa shape index (κ3) is 12.1. The molecule has 1 amide bonds. The average Bonchev–Trinajstić information content (AvgIpc) is 3.25. The molecule has 0 saturated carbocycles. The van der Waals surface area contributed by atoms with Gasteiger partial charge in [-0.2, -0.15) is 0 Å². The molecule has 4 heterocycles. The highest BCUT2D eigenvalue weighted by Crippen LogP contribution is 2.40. The first kappa shape index (κ1) is 53.3. The van der Waals surface area contributed by atoms with Gasteiger partial charge in [0.1, 0.15) is 23.4 Å². The van der Waals surface area contributed by atoms with E-state index in [9.17, 15) is 34.8 Å². The fraction of sp³-hybridized carbons (Fsp3) is 0.714. The first-order valence-electron chi connectivity index (χ1n) is 23.2. The number of aliphatic hydroxyl groups is 4. The Bertz CT molecular complexity index is 2000. The number of carbonyl (C=O) groups excluding carboxylic acids is 3. The maximum absolute atomic E-state index is 14.5. The molecule has 3 saturated heterocycles. The minimum absolute atomic E-state index is 0.0168. The van der Waals surface area contributed by atoms with E-state index < -0.39 is 114 Å². The third-order valence-corrected chi connectivity index (χ3v) is 13.9. The Balaban J connectivity index is 1.50. The van der Waals surface area contributed by atoms with E-state index in [4.69, 9.17) is 33.2 Å². The number of aromatic nitrogens is 1. The van der Waals surface area contributed by atoms with Crippen molar-refractivity contribution >= 4 is 34.8 Å². The number of para-hydroxylation sites is 1. The zero-order valence-corrected chi connectivity index (χ0v) is 40.9. The van der Waals surface area contributed by atoms with E-state index in [0.29, 0.717) is 12.0 Å². The molecule has 2 aromatic rings. The van der Waals surface area contributed by atoms with Crippen LogP contribution in [0.1, 0.15) is 100 Å². The van der Waals surface area contributed by atoms with Crippen molar-refractivity contribution < 1.29 is 68.0 Å². The molecule has 0 aliphatic carbocycles. The normalized spacial score (nSPS) is 41.2. The summed E-state index contributed by atoms with van der Waals surface area (Å²) >= 11 is 0. The zero-order chi connectivity index (χ0) is 49.1. The van der Waals surface area contributed by atoms with Crippen molar-refractivity contribution in [3.8, 4) is 0 Å². The van der Waals surface area contributed by atoms with Gasteiger partial charge in [-0.25, -0.2) is 4.79 Å². The van der Waals surface area contributed by atoms with Gasteiger partial charge in [-0.1, -0.05) is 39.0 Å². The van der Waals surface area contributed by atoms with E-state index in [1.807, 2.05) is 56.3 Å². The highest BCUT2D eigenvalue weighted by Gasteiger charge is 2.54. The van der Waals surface area contributed by atoms with Crippen LogP contribution < -0.4 is 5.32 Å². The molecule has 0 bridgehead atoms. The molecule has 3 aliphatic heterocycles. The number of esters is 2. The van der Waals surface area contributed by atoms with Crippen LogP contribution in [0.25, 0.3) is 17.0 Å². The molecule has 0 unspecified atom stereocenters. The predicted octanol–water partition coefficient (Wildman–Crippen LogP) is 3.90. The van der Waals surface area contributed by atoms with E-state index in [1.54, 1.807) is 53.8 Å². The second-order valence-electron chi connectivity index (χ2n) is 19.8. The highest BCUT2D eigenvalue weighted by molar-refractivity contribution is 5.88. The Labute approximate surface area is 389 Å². The summed E-state index contributed by atoms with van der Waals surface area (Å²) in [7, 11) is 5.18. The van der Waals surface area contributed by atoms with Crippen LogP contribution in [0.15, 0.2) is 42.6 Å². The Morgan fingerprint density at radius 3 is 2.30 bits per heavy atom. The lowest BCUT2D eigenvalue weighted by Crippen LogP contribution is -2.61. The molecule has 18 atom stereocenters. The molecule has 1 aromatic heterocycles. The van der Waals surface area contributed by atoms with Gasteiger partial charge >= 0.3 is 11.9 Å². The number of carbonyl (C=O) groups is 3. The molecule has 5 N–H and O–H groups in total. The Hall–Kier alpha value is -3.62. The number of benzene rings is 1. The van der Waals surface area contributed by atoms with Gasteiger partial charge in [0.25, 0.3) is 0 Å². The number of nitrogens with one attached hydrogen (secondary N) is 1. The first-order chi connectivity index (χ1) is 30.8. The number of methoxy groups -OCH3 is 1. The molecule has 17 heteroatoms. The van der Waals surface area contributed by atoms with Crippen LogP contribution in [0.5, 0.6) is 0 Å². The average molecular weight is 930 g/mol. The summed E-state index contributed by atoms with van der Waals surface area (Å²) < 4.78 is 44.3. The van der Waals surface area contributed by atoms with Crippen molar-refractivity contribution in [2.75, 3.05) is 21.2 Å². The third-order valence-electron chi connectivity index (χ3n) is 13.9. The summed E-state index contributed by atoms with van der Waals surface area (Å²) in [6.07, 6.45) is -5.71. The lowest BCUT2D eigenvalue weighted by atomic mass is 9.78. The molecule has 3 aliphatic rings.